The zero-order valence-corrected chi connectivity index (χ0v) is 7.20. The number of hydrogen-bond acceptors (Lipinski definition) is 4. The van der Waals surface area contributed by atoms with Gasteiger partial charge in [-0.1, -0.05) is 0 Å². The Labute approximate surface area is 64.9 Å². The summed E-state index contributed by atoms with van der Waals surface area (Å²) in [6, 6.07) is 0. The highest BCUT2D eigenvalue weighted by Gasteiger charge is 2.02. The number of thioether (sulfide) groups is 1. The standard InChI is InChI=1S/C6H11NO2S/c1-4-9-6(8)10-5(2)7-3/h4H2,1-3H3/b7-5-. The van der Waals surface area contributed by atoms with E-state index in [9.17, 15) is 4.79 Å². The van der Waals surface area contributed by atoms with Crippen molar-refractivity contribution in [3.05, 3.63) is 0 Å². The molecule has 0 rings (SSSR count). The van der Waals surface area contributed by atoms with E-state index in [4.69, 9.17) is 0 Å². The fourth-order valence-electron chi connectivity index (χ4n) is 0.314. The number of aliphatic imine (C=N–C) groups is 1. The number of carbonyl (C=O) groups is 1. The molecule has 4 heteroatoms. The smallest absolute Gasteiger partial charge is 0.373 e. The minimum Gasteiger partial charge on any atom is -0.458 e. The zero-order valence-electron chi connectivity index (χ0n) is 6.38. The van der Waals surface area contributed by atoms with Crippen LogP contribution in [-0.2, 0) is 4.74 Å². The molecule has 0 saturated carbocycles. The topological polar surface area (TPSA) is 38.7 Å². The van der Waals surface area contributed by atoms with Gasteiger partial charge in [-0.3, -0.25) is 4.99 Å². The monoisotopic (exact) mass is 161 g/mol. The van der Waals surface area contributed by atoms with E-state index in [1.54, 1.807) is 20.9 Å². The van der Waals surface area contributed by atoms with E-state index < -0.39 is 0 Å². The highest BCUT2D eigenvalue weighted by molar-refractivity contribution is 8.26. The summed E-state index contributed by atoms with van der Waals surface area (Å²) in [5, 5.41) is 0.434. The molecular weight excluding hydrogens is 150 g/mol. The van der Waals surface area contributed by atoms with Crippen LogP contribution in [0.4, 0.5) is 4.79 Å². The number of rotatable bonds is 1. The lowest BCUT2D eigenvalue weighted by Gasteiger charge is -1.97. The Morgan fingerprint density at radius 1 is 1.70 bits per heavy atom. The Kier molecular flexibility index (Phi) is 5.02. The Balaban J connectivity index is 3.58. The summed E-state index contributed by atoms with van der Waals surface area (Å²) >= 11 is 1.01. The summed E-state index contributed by atoms with van der Waals surface area (Å²) in [6.45, 7) is 3.96. The molecule has 0 aliphatic rings. The molecule has 10 heavy (non-hydrogen) atoms. The Hall–Kier alpha value is -0.510. The fourth-order valence-corrected chi connectivity index (χ4v) is 0.823. The van der Waals surface area contributed by atoms with Gasteiger partial charge in [0.2, 0.25) is 0 Å². The average Bonchev–Trinajstić information content (AvgIpc) is 1.88. The van der Waals surface area contributed by atoms with Gasteiger partial charge in [0.25, 0.3) is 0 Å². The van der Waals surface area contributed by atoms with Crippen molar-refractivity contribution >= 4 is 22.1 Å². The minimum atomic E-state index is -0.286. The first-order chi connectivity index (χ1) is 4.70. The van der Waals surface area contributed by atoms with Gasteiger partial charge in [-0.2, -0.15) is 0 Å². The third-order valence-corrected chi connectivity index (χ3v) is 1.57. The van der Waals surface area contributed by atoms with Crippen LogP contribution in [0, 0.1) is 0 Å². The molecule has 0 unspecified atom stereocenters. The maximum absolute atomic E-state index is 10.7. The van der Waals surface area contributed by atoms with Crippen LogP contribution < -0.4 is 0 Å². The van der Waals surface area contributed by atoms with Gasteiger partial charge in [-0.05, 0) is 13.8 Å². The quantitative estimate of drug-likeness (QED) is 0.335. The Bertz CT molecular complexity index is 145. The van der Waals surface area contributed by atoms with E-state index in [2.05, 4.69) is 9.73 Å². The van der Waals surface area contributed by atoms with Gasteiger partial charge in [0.05, 0.1) is 11.7 Å². The van der Waals surface area contributed by atoms with Crippen molar-refractivity contribution in [2.45, 2.75) is 13.8 Å². The summed E-state index contributed by atoms with van der Waals surface area (Å²) in [6.07, 6.45) is 0. The molecule has 0 aliphatic carbocycles. The third-order valence-electron chi connectivity index (χ3n) is 0.808. The molecule has 0 fully saturated rings. The van der Waals surface area contributed by atoms with Crippen LogP contribution in [0.5, 0.6) is 0 Å². The number of nitrogens with zero attached hydrogens (tertiary/aromatic N) is 1. The van der Waals surface area contributed by atoms with E-state index >= 15 is 0 Å². The predicted octanol–water partition coefficient (Wildman–Crippen LogP) is 1.92. The molecule has 58 valence electrons. The molecule has 0 heterocycles. The van der Waals surface area contributed by atoms with Gasteiger partial charge < -0.3 is 4.74 Å². The van der Waals surface area contributed by atoms with E-state index in [0.717, 1.165) is 16.8 Å². The van der Waals surface area contributed by atoms with Crippen molar-refractivity contribution in [1.82, 2.24) is 0 Å². The van der Waals surface area contributed by atoms with Crippen molar-refractivity contribution in [2.75, 3.05) is 13.7 Å². The van der Waals surface area contributed by atoms with Crippen LogP contribution >= 0.6 is 11.8 Å². The lowest BCUT2D eigenvalue weighted by molar-refractivity contribution is 0.182. The van der Waals surface area contributed by atoms with Crippen LogP contribution in [0.1, 0.15) is 13.8 Å². The molecule has 0 spiro atoms. The van der Waals surface area contributed by atoms with Gasteiger partial charge in [0.15, 0.2) is 0 Å². The highest BCUT2D eigenvalue weighted by atomic mass is 32.2. The SMILES string of the molecule is CCOC(=O)S/C(C)=N\C. The van der Waals surface area contributed by atoms with Crippen LogP contribution in [0.25, 0.3) is 0 Å². The zero-order chi connectivity index (χ0) is 7.98. The van der Waals surface area contributed by atoms with Gasteiger partial charge >= 0.3 is 5.30 Å². The molecule has 0 aliphatic heterocycles. The largest absolute Gasteiger partial charge is 0.458 e. The second-order valence-electron chi connectivity index (χ2n) is 1.53. The first-order valence-electron chi connectivity index (χ1n) is 2.98. The second-order valence-corrected chi connectivity index (χ2v) is 2.66. The first-order valence-corrected chi connectivity index (χ1v) is 3.80. The summed E-state index contributed by atoms with van der Waals surface area (Å²) in [5.74, 6) is 0. The van der Waals surface area contributed by atoms with Crippen LogP contribution in [-0.4, -0.2) is 24.0 Å². The lowest BCUT2D eigenvalue weighted by Crippen LogP contribution is -1.99. The Morgan fingerprint density at radius 3 is 2.70 bits per heavy atom. The molecule has 0 amide bonds. The molecule has 0 aromatic carbocycles. The molecule has 0 radical (unpaired) electrons. The van der Waals surface area contributed by atoms with Crippen molar-refractivity contribution in [1.29, 1.82) is 0 Å². The molecule has 3 nitrogen and oxygen atoms in total. The van der Waals surface area contributed by atoms with E-state index in [1.807, 2.05) is 0 Å². The maximum Gasteiger partial charge on any atom is 0.373 e. The van der Waals surface area contributed by atoms with Gasteiger partial charge in [0, 0.05) is 18.8 Å². The molecular formula is C6H11NO2S. The molecule has 0 N–H and O–H groups in total. The van der Waals surface area contributed by atoms with Crippen molar-refractivity contribution in [2.24, 2.45) is 4.99 Å². The van der Waals surface area contributed by atoms with Gasteiger partial charge in [-0.25, -0.2) is 4.79 Å². The van der Waals surface area contributed by atoms with Crippen molar-refractivity contribution in [3.8, 4) is 0 Å². The summed E-state index contributed by atoms with van der Waals surface area (Å²) < 4.78 is 4.66. The lowest BCUT2D eigenvalue weighted by atomic mass is 10.9. The van der Waals surface area contributed by atoms with Crippen LogP contribution in [0.15, 0.2) is 4.99 Å². The van der Waals surface area contributed by atoms with E-state index in [0.29, 0.717) is 6.61 Å². The minimum absolute atomic E-state index is 0.286. The van der Waals surface area contributed by atoms with Crippen molar-refractivity contribution in [3.63, 3.8) is 0 Å². The number of hydrogen-bond donors (Lipinski definition) is 0. The van der Waals surface area contributed by atoms with Crippen LogP contribution in [0.3, 0.4) is 0 Å². The van der Waals surface area contributed by atoms with Crippen LogP contribution in [0.2, 0.25) is 0 Å². The Morgan fingerprint density at radius 2 is 2.30 bits per heavy atom. The summed E-state index contributed by atoms with van der Waals surface area (Å²) in [5.41, 5.74) is 0. The van der Waals surface area contributed by atoms with Gasteiger partial charge in [0.1, 0.15) is 0 Å². The maximum atomic E-state index is 10.7. The summed E-state index contributed by atoms with van der Waals surface area (Å²) in [4.78, 5) is 14.5. The molecule has 0 aromatic heterocycles. The molecule has 0 atom stereocenters. The van der Waals surface area contributed by atoms with E-state index in [-0.39, 0.29) is 5.30 Å². The highest BCUT2D eigenvalue weighted by Crippen LogP contribution is 2.06. The van der Waals surface area contributed by atoms with Gasteiger partial charge in [-0.15, -0.1) is 0 Å². The molecule has 0 bridgehead atoms. The normalized spacial score (nSPS) is 11.3. The van der Waals surface area contributed by atoms with Crippen molar-refractivity contribution < 1.29 is 9.53 Å². The molecule has 0 aromatic rings. The average molecular weight is 161 g/mol. The predicted molar refractivity (Wildman–Crippen MR) is 43.6 cm³/mol. The molecule has 0 saturated heterocycles. The second kappa shape index (κ2) is 5.29. The first kappa shape index (κ1) is 9.49. The fraction of sp³-hybridized carbons (Fsp3) is 0.667. The summed E-state index contributed by atoms with van der Waals surface area (Å²) in [7, 11) is 1.64. The number of ether oxygens (including phenoxy) is 1. The third kappa shape index (κ3) is 4.38. The number of carbonyl (C=O) groups excluding carboxylic acids is 1. The van der Waals surface area contributed by atoms with E-state index in [1.165, 1.54) is 0 Å².